The van der Waals surface area contributed by atoms with Crippen molar-refractivity contribution in [3.05, 3.63) is 23.0 Å². The number of halogens is 7. The van der Waals surface area contributed by atoms with Crippen molar-refractivity contribution in [3.63, 3.8) is 0 Å². The molecule has 1 rings (SSSR count). The molecule has 118 valence electrons. The number of methoxy groups -OCH3 is 1. The van der Waals surface area contributed by atoms with Crippen LogP contribution in [0.4, 0.5) is 26.3 Å². The highest BCUT2D eigenvalue weighted by atomic mass is 79.9. The van der Waals surface area contributed by atoms with Gasteiger partial charge in [0.15, 0.2) is 5.69 Å². The van der Waals surface area contributed by atoms with Crippen LogP contribution in [-0.4, -0.2) is 24.4 Å². The van der Waals surface area contributed by atoms with E-state index in [-0.39, 0.29) is 6.20 Å². The van der Waals surface area contributed by atoms with E-state index in [2.05, 4.69) is 30.4 Å². The van der Waals surface area contributed by atoms with E-state index in [4.69, 9.17) is 0 Å². The van der Waals surface area contributed by atoms with Gasteiger partial charge >= 0.3 is 18.5 Å². The number of pyridine rings is 1. The van der Waals surface area contributed by atoms with Crippen LogP contribution in [0.15, 0.2) is 6.20 Å². The second-order valence-corrected chi connectivity index (χ2v) is 4.06. The minimum atomic E-state index is -5.37. The Morgan fingerprint density at radius 3 is 2.24 bits per heavy atom. The molecular formula is C10H6BrF6NO3. The molecule has 1 aromatic heterocycles. The second-order valence-electron chi connectivity index (χ2n) is 3.50. The zero-order chi connectivity index (χ0) is 16.4. The lowest BCUT2D eigenvalue weighted by atomic mass is 10.1. The first kappa shape index (κ1) is 17.5. The van der Waals surface area contributed by atoms with Crippen molar-refractivity contribution in [1.29, 1.82) is 0 Å². The van der Waals surface area contributed by atoms with Crippen LogP contribution in [0.25, 0.3) is 0 Å². The Hall–Kier alpha value is -1.52. The maximum atomic E-state index is 12.7. The van der Waals surface area contributed by atoms with Gasteiger partial charge in [0.05, 0.1) is 7.11 Å². The summed E-state index contributed by atoms with van der Waals surface area (Å²) in [5, 5.41) is -0.528. The van der Waals surface area contributed by atoms with Crippen molar-refractivity contribution in [1.82, 2.24) is 4.98 Å². The number of ether oxygens (including phenoxy) is 2. The molecule has 0 radical (unpaired) electrons. The van der Waals surface area contributed by atoms with Gasteiger partial charge in [0.2, 0.25) is 0 Å². The molecule has 0 atom stereocenters. The van der Waals surface area contributed by atoms with Crippen molar-refractivity contribution in [2.45, 2.75) is 17.9 Å². The summed E-state index contributed by atoms with van der Waals surface area (Å²) >= 11 is 2.70. The van der Waals surface area contributed by atoms with Crippen molar-refractivity contribution in [2.75, 3.05) is 7.11 Å². The molecule has 21 heavy (non-hydrogen) atoms. The Balaban J connectivity index is 3.60. The number of esters is 1. The Bertz CT molecular complexity index is 543. The molecular weight excluding hydrogens is 376 g/mol. The Morgan fingerprint density at radius 2 is 1.86 bits per heavy atom. The number of carbonyl (C=O) groups excluding carboxylic acids is 1. The van der Waals surface area contributed by atoms with E-state index < -0.39 is 46.4 Å². The molecule has 0 fully saturated rings. The SMILES string of the molecule is COC(=O)c1ncc(C(F)(F)F)c(OC(F)(F)F)c1CBr. The molecule has 1 aromatic rings. The summed E-state index contributed by atoms with van der Waals surface area (Å²) in [7, 11) is 0.907. The zero-order valence-corrected chi connectivity index (χ0v) is 11.7. The van der Waals surface area contributed by atoms with Gasteiger partial charge in [-0.2, -0.15) is 13.2 Å². The minimum absolute atomic E-state index is 0.0828. The standard InChI is InChI=1S/C10H6BrF6NO3/c1-20-8(19)6-4(2-11)7(21-10(15,16)17)5(3-18-6)9(12,13)14/h3H,2H2,1H3. The molecule has 0 spiro atoms. The first-order valence-corrected chi connectivity index (χ1v) is 6.12. The maximum absolute atomic E-state index is 12.7. The van der Waals surface area contributed by atoms with Gasteiger partial charge in [-0.05, 0) is 0 Å². The summed E-state index contributed by atoms with van der Waals surface area (Å²) < 4.78 is 82.8. The number of hydrogen-bond donors (Lipinski definition) is 0. The van der Waals surface area contributed by atoms with Crippen molar-refractivity contribution in [2.24, 2.45) is 0 Å². The van der Waals surface area contributed by atoms with Crippen molar-refractivity contribution < 1.29 is 40.6 Å². The molecule has 4 nitrogen and oxygen atoms in total. The summed E-state index contributed by atoms with van der Waals surface area (Å²) in [6.45, 7) is 0. The van der Waals surface area contributed by atoms with Gasteiger partial charge < -0.3 is 9.47 Å². The third kappa shape index (κ3) is 4.22. The summed E-state index contributed by atoms with van der Waals surface area (Å²) in [5.74, 6) is -2.73. The number of nitrogens with zero attached hydrogens (tertiary/aromatic N) is 1. The third-order valence-electron chi connectivity index (χ3n) is 2.16. The van der Waals surface area contributed by atoms with Crippen LogP contribution in [0, 0.1) is 0 Å². The highest BCUT2D eigenvalue weighted by Gasteiger charge is 2.42. The first-order chi connectivity index (χ1) is 9.51. The second kappa shape index (κ2) is 6.08. The van der Waals surface area contributed by atoms with E-state index in [0.717, 1.165) is 7.11 Å². The molecule has 0 amide bonds. The van der Waals surface area contributed by atoms with Gasteiger partial charge in [-0.15, -0.1) is 13.2 Å². The molecule has 0 N–H and O–H groups in total. The predicted octanol–water partition coefficient (Wildman–Crippen LogP) is 3.68. The zero-order valence-electron chi connectivity index (χ0n) is 10.1. The van der Waals surface area contributed by atoms with E-state index in [0.29, 0.717) is 0 Å². The van der Waals surface area contributed by atoms with Gasteiger partial charge in [0, 0.05) is 17.1 Å². The molecule has 1 heterocycles. The monoisotopic (exact) mass is 381 g/mol. The van der Waals surface area contributed by atoms with Crippen LogP contribution in [0.3, 0.4) is 0 Å². The number of rotatable bonds is 3. The van der Waals surface area contributed by atoms with E-state index in [1.165, 1.54) is 0 Å². The summed E-state index contributed by atoms with van der Waals surface area (Å²) in [4.78, 5) is 14.6. The fourth-order valence-corrected chi connectivity index (χ4v) is 1.89. The topological polar surface area (TPSA) is 48.4 Å². The van der Waals surface area contributed by atoms with E-state index in [1.54, 1.807) is 0 Å². The smallest absolute Gasteiger partial charge is 0.464 e. The largest absolute Gasteiger partial charge is 0.573 e. The van der Waals surface area contributed by atoms with E-state index in [9.17, 15) is 31.1 Å². The fourth-order valence-electron chi connectivity index (χ4n) is 1.37. The molecule has 0 aliphatic carbocycles. The average Bonchev–Trinajstić information content (AvgIpc) is 2.33. The summed E-state index contributed by atoms with van der Waals surface area (Å²) in [6.07, 6.45) is -10.4. The van der Waals surface area contributed by atoms with Gasteiger partial charge in [0.1, 0.15) is 11.3 Å². The number of hydrogen-bond acceptors (Lipinski definition) is 4. The molecule has 0 aliphatic rings. The fraction of sp³-hybridized carbons (Fsp3) is 0.400. The van der Waals surface area contributed by atoms with Crippen LogP contribution in [0.1, 0.15) is 21.6 Å². The van der Waals surface area contributed by atoms with Crippen molar-refractivity contribution in [3.8, 4) is 5.75 Å². The molecule has 0 aliphatic heterocycles. The van der Waals surface area contributed by atoms with Gasteiger partial charge in [-0.25, -0.2) is 9.78 Å². The van der Waals surface area contributed by atoms with E-state index in [1.807, 2.05) is 0 Å². The highest BCUT2D eigenvalue weighted by molar-refractivity contribution is 9.08. The molecule has 0 bridgehead atoms. The Morgan fingerprint density at radius 1 is 1.29 bits per heavy atom. The summed E-state index contributed by atoms with van der Waals surface area (Å²) in [6, 6.07) is 0. The van der Waals surface area contributed by atoms with Gasteiger partial charge in [-0.3, -0.25) is 0 Å². The maximum Gasteiger partial charge on any atom is 0.573 e. The van der Waals surface area contributed by atoms with Crippen LogP contribution >= 0.6 is 15.9 Å². The third-order valence-corrected chi connectivity index (χ3v) is 2.72. The Labute approximate surface area is 122 Å². The number of carbonyl (C=O) groups is 1. The molecule has 0 unspecified atom stereocenters. The number of alkyl halides is 7. The van der Waals surface area contributed by atoms with Crippen LogP contribution in [0.5, 0.6) is 5.75 Å². The average molecular weight is 382 g/mol. The molecule has 0 aromatic carbocycles. The number of aromatic nitrogens is 1. The predicted molar refractivity (Wildman–Crippen MR) is 59.9 cm³/mol. The lowest BCUT2D eigenvalue weighted by Crippen LogP contribution is -2.23. The van der Waals surface area contributed by atoms with Crippen LogP contribution < -0.4 is 4.74 Å². The van der Waals surface area contributed by atoms with Gasteiger partial charge in [0.25, 0.3) is 0 Å². The van der Waals surface area contributed by atoms with E-state index >= 15 is 0 Å². The van der Waals surface area contributed by atoms with Crippen molar-refractivity contribution >= 4 is 21.9 Å². The highest BCUT2D eigenvalue weighted by Crippen LogP contribution is 2.41. The minimum Gasteiger partial charge on any atom is -0.464 e. The lowest BCUT2D eigenvalue weighted by molar-refractivity contribution is -0.276. The first-order valence-electron chi connectivity index (χ1n) is 5.00. The van der Waals surface area contributed by atoms with Crippen LogP contribution in [-0.2, 0) is 16.2 Å². The quantitative estimate of drug-likeness (QED) is 0.455. The molecule has 11 heteroatoms. The van der Waals surface area contributed by atoms with Crippen LogP contribution in [0.2, 0.25) is 0 Å². The van der Waals surface area contributed by atoms with Gasteiger partial charge in [-0.1, -0.05) is 15.9 Å². The summed E-state index contributed by atoms with van der Waals surface area (Å²) in [5.41, 5.74) is -3.17. The lowest BCUT2D eigenvalue weighted by Gasteiger charge is -2.19. The normalized spacial score (nSPS) is 12.2. The Kier molecular flexibility index (Phi) is 5.07. The molecule has 0 saturated heterocycles. The molecule has 0 saturated carbocycles.